The third kappa shape index (κ3) is 16.3. The largest absolute Gasteiger partial charge is 0.492 e. The quantitative estimate of drug-likeness (QED) is 0.0383. The van der Waals surface area contributed by atoms with E-state index < -0.39 is 10.8 Å². The van der Waals surface area contributed by atoms with E-state index >= 15 is 0 Å². The second kappa shape index (κ2) is 27.1. The molecular weight excluding hydrogens is 803 g/mol. The molecule has 5 rings (SSSR count). The van der Waals surface area contributed by atoms with Crippen molar-refractivity contribution in [3.63, 3.8) is 0 Å². The predicted molar refractivity (Wildman–Crippen MR) is 271 cm³/mol. The minimum atomic E-state index is -0.444. The Bertz CT molecular complexity index is 2050. The Hall–Kier alpha value is -4.66. The Kier molecular flexibility index (Phi) is 21.4. The van der Waals surface area contributed by atoms with Gasteiger partial charge in [0, 0.05) is 56.1 Å². The molecular formula is C58H80N3O4. The van der Waals surface area contributed by atoms with Crippen molar-refractivity contribution in [3.05, 3.63) is 167 Å². The molecule has 0 saturated heterocycles. The van der Waals surface area contributed by atoms with Crippen molar-refractivity contribution < 1.29 is 18.9 Å². The van der Waals surface area contributed by atoms with Gasteiger partial charge in [-0.15, -0.1) is 0 Å². The van der Waals surface area contributed by atoms with Gasteiger partial charge in [0.15, 0.2) is 0 Å². The van der Waals surface area contributed by atoms with Crippen LogP contribution in [0.15, 0.2) is 133 Å². The molecule has 7 heteroatoms. The highest BCUT2D eigenvalue weighted by atomic mass is 16.5. The first-order chi connectivity index (χ1) is 31.5. The van der Waals surface area contributed by atoms with Crippen LogP contribution in [0.2, 0.25) is 0 Å². The maximum atomic E-state index is 6.59. The molecule has 0 aliphatic heterocycles. The van der Waals surface area contributed by atoms with Gasteiger partial charge >= 0.3 is 0 Å². The molecule has 0 spiro atoms. The zero-order valence-electron chi connectivity index (χ0n) is 41.0. The summed E-state index contributed by atoms with van der Waals surface area (Å²) in [5.74, 6) is 4.99. The van der Waals surface area contributed by atoms with E-state index in [0.717, 1.165) is 88.8 Å². The van der Waals surface area contributed by atoms with Gasteiger partial charge in [0.25, 0.3) is 0 Å². The van der Waals surface area contributed by atoms with E-state index in [9.17, 15) is 0 Å². The van der Waals surface area contributed by atoms with Gasteiger partial charge in [-0.25, -0.2) is 0 Å². The Labute approximate surface area is 393 Å². The number of ether oxygens (including phenoxy) is 4. The normalized spacial score (nSPS) is 12.9. The molecule has 351 valence electrons. The molecule has 1 radical (unpaired) electrons. The van der Waals surface area contributed by atoms with Crippen LogP contribution < -0.4 is 30.2 Å². The van der Waals surface area contributed by atoms with Gasteiger partial charge in [-0.1, -0.05) is 145 Å². The average molecular weight is 883 g/mol. The van der Waals surface area contributed by atoms with Gasteiger partial charge < -0.3 is 34.9 Å². The van der Waals surface area contributed by atoms with Crippen molar-refractivity contribution in [3.8, 4) is 17.2 Å². The van der Waals surface area contributed by atoms with Crippen molar-refractivity contribution in [1.29, 1.82) is 0 Å². The summed E-state index contributed by atoms with van der Waals surface area (Å²) in [7, 11) is 0. The highest BCUT2D eigenvalue weighted by Gasteiger charge is 2.53. The molecule has 0 amide bonds. The van der Waals surface area contributed by atoms with E-state index in [1.54, 1.807) is 0 Å². The molecule has 5 aromatic carbocycles. The minimum Gasteiger partial charge on any atom is -0.492 e. The molecule has 65 heavy (non-hydrogen) atoms. The summed E-state index contributed by atoms with van der Waals surface area (Å²) in [5.41, 5.74) is 5.42. The van der Waals surface area contributed by atoms with Crippen LogP contribution in [0.25, 0.3) is 0 Å². The lowest BCUT2D eigenvalue weighted by Gasteiger charge is -2.53. The molecule has 0 heterocycles. The lowest BCUT2D eigenvalue weighted by molar-refractivity contribution is 0.0770. The zero-order chi connectivity index (χ0) is 46.3. The molecule has 5 aromatic rings. The van der Waals surface area contributed by atoms with Crippen LogP contribution in [-0.4, -0.2) is 58.7 Å². The molecule has 7 nitrogen and oxygen atoms in total. The van der Waals surface area contributed by atoms with Crippen molar-refractivity contribution in [1.82, 2.24) is 16.0 Å². The summed E-state index contributed by atoms with van der Waals surface area (Å²) < 4.78 is 25.3. The van der Waals surface area contributed by atoms with E-state index in [2.05, 4.69) is 205 Å². The summed E-state index contributed by atoms with van der Waals surface area (Å²) in [4.78, 5) is 0. The fraction of sp³-hybridized carbons (Fsp3) is 0.466. The van der Waals surface area contributed by atoms with E-state index in [-0.39, 0.29) is 6.10 Å². The van der Waals surface area contributed by atoms with Crippen molar-refractivity contribution >= 4 is 0 Å². The third-order valence-electron chi connectivity index (χ3n) is 12.3. The van der Waals surface area contributed by atoms with Gasteiger partial charge in [0.1, 0.15) is 37.1 Å². The summed E-state index contributed by atoms with van der Waals surface area (Å²) >= 11 is 0. The molecule has 0 aliphatic rings. The number of hydrogen-bond acceptors (Lipinski definition) is 7. The Morgan fingerprint density at radius 3 is 1.55 bits per heavy atom. The topological polar surface area (TPSA) is 73.0 Å². The lowest BCUT2D eigenvalue weighted by atomic mass is 9.49. The Morgan fingerprint density at radius 2 is 1.02 bits per heavy atom. The van der Waals surface area contributed by atoms with Crippen LogP contribution in [0.3, 0.4) is 0 Å². The molecule has 0 aliphatic carbocycles. The summed E-state index contributed by atoms with van der Waals surface area (Å²) in [6.45, 7) is 25.8. The van der Waals surface area contributed by atoms with Gasteiger partial charge in [-0.2, -0.15) is 0 Å². The maximum absolute atomic E-state index is 6.59. The number of rotatable bonds is 31. The predicted octanol–water partition coefficient (Wildman–Crippen LogP) is 12.1. The Morgan fingerprint density at radius 1 is 0.508 bits per heavy atom. The summed E-state index contributed by atoms with van der Waals surface area (Å²) in [5, 5.41) is 10.6. The number of nitrogens with one attached hydrogen (secondary N) is 3. The molecule has 0 fully saturated rings. The van der Waals surface area contributed by atoms with Crippen LogP contribution in [0.1, 0.15) is 109 Å². The first-order valence-corrected chi connectivity index (χ1v) is 24.4. The fourth-order valence-corrected chi connectivity index (χ4v) is 8.84. The minimum absolute atomic E-state index is 0.260. The number of hydrogen-bond donors (Lipinski definition) is 3. The number of benzene rings is 5. The van der Waals surface area contributed by atoms with E-state index in [1.165, 1.54) is 33.7 Å². The standard InChI is InChI=1S/C58H80N3O4/c1-45(2)29-30-58(52-25-17-28-55(42-52)65-38-34-61-44-49-21-13-10-14-22-49,57(7,8)51-24-16-27-54(41-51)64-37-33-60-43-48-19-11-9-12-20-48)56(39-46(3)4)50-23-15-26-53(40-50)63-36-32-59-31-18-35-62-47(5)6/h9-17,19-28,40-42,45-47,59-61H,18,29-39,43-44H2,1-8H3. The highest BCUT2D eigenvalue weighted by Crippen LogP contribution is 2.58. The van der Waals surface area contributed by atoms with E-state index in [1.807, 2.05) is 0 Å². The van der Waals surface area contributed by atoms with Gasteiger partial charge in [0.05, 0.1) is 6.10 Å². The van der Waals surface area contributed by atoms with Crippen LogP contribution >= 0.6 is 0 Å². The van der Waals surface area contributed by atoms with Crippen LogP contribution in [-0.2, 0) is 28.7 Å². The lowest BCUT2D eigenvalue weighted by Crippen LogP contribution is -2.51. The Balaban J connectivity index is 1.48. The smallest absolute Gasteiger partial charge is 0.119 e. The first-order valence-electron chi connectivity index (χ1n) is 24.4. The van der Waals surface area contributed by atoms with Crippen LogP contribution in [0, 0.1) is 17.8 Å². The molecule has 0 saturated carbocycles. The summed E-state index contributed by atoms with van der Waals surface area (Å²) in [6, 6.07) is 47.7. The zero-order valence-corrected chi connectivity index (χ0v) is 41.0. The summed E-state index contributed by atoms with van der Waals surface area (Å²) in [6.07, 6.45) is 4.16. The molecule has 0 aromatic heterocycles. The monoisotopic (exact) mass is 883 g/mol. The molecule has 0 bridgehead atoms. The van der Waals surface area contributed by atoms with Crippen molar-refractivity contribution in [2.45, 2.75) is 111 Å². The average Bonchev–Trinajstić information content (AvgIpc) is 3.30. The van der Waals surface area contributed by atoms with Crippen LogP contribution in [0.4, 0.5) is 0 Å². The van der Waals surface area contributed by atoms with E-state index in [0.29, 0.717) is 31.7 Å². The SMILES string of the molecule is CC(C)CCC([C](CC(C)C)c1cccc(OCCNCCCOC(C)C)c1)(c1cccc(OCCNCc2ccccc2)c1)C(C)(C)c1cccc(OCCNCc2ccccc2)c1. The van der Waals surface area contributed by atoms with Crippen molar-refractivity contribution in [2.24, 2.45) is 11.8 Å². The third-order valence-corrected chi connectivity index (χ3v) is 12.3. The highest BCUT2D eigenvalue weighted by molar-refractivity contribution is 5.54. The van der Waals surface area contributed by atoms with Crippen molar-refractivity contribution in [2.75, 3.05) is 52.6 Å². The fourth-order valence-electron chi connectivity index (χ4n) is 8.84. The first kappa shape index (κ1) is 51.3. The van der Waals surface area contributed by atoms with Gasteiger partial charge in [0.2, 0.25) is 0 Å². The molecule has 1 unspecified atom stereocenters. The van der Waals surface area contributed by atoms with Gasteiger partial charge in [-0.05, 0) is 116 Å². The molecule has 1 atom stereocenters. The van der Waals surface area contributed by atoms with Gasteiger partial charge in [-0.3, -0.25) is 0 Å². The van der Waals surface area contributed by atoms with E-state index in [4.69, 9.17) is 18.9 Å². The maximum Gasteiger partial charge on any atom is 0.119 e. The second-order valence-electron chi connectivity index (χ2n) is 19.0. The molecule has 3 N–H and O–H groups in total. The van der Waals surface area contributed by atoms with Crippen LogP contribution in [0.5, 0.6) is 17.2 Å². The second-order valence-corrected chi connectivity index (χ2v) is 19.0.